The van der Waals surface area contributed by atoms with E-state index in [0.29, 0.717) is 12.5 Å². The van der Waals surface area contributed by atoms with E-state index >= 15 is 0 Å². The van der Waals surface area contributed by atoms with Crippen LogP contribution in [0, 0.1) is 17.5 Å². The summed E-state index contributed by atoms with van der Waals surface area (Å²) in [4.78, 5) is -0.473. The molecule has 0 spiro atoms. The number of rotatable bonds is 5. The first-order chi connectivity index (χ1) is 9.87. The molecule has 0 atom stereocenters. The largest absolute Gasteiger partial charge is 0.240 e. The molecule has 0 radical (unpaired) electrons. The molecule has 2 rings (SSSR count). The zero-order valence-electron chi connectivity index (χ0n) is 10.8. The third kappa shape index (κ3) is 4.30. The Morgan fingerprint density at radius 1 is 0.857 bits per heavy atom. The van der Waals surface area contributed by atoms with Gasteiger partial charge in [-0.1, -0.05) is 12.1 Å². The Balaban J connectivity index is 2.02. The highest BCUT2D eigenvalue weighted by atomic mass is 32.2. The maximum absolute atomic E-state index is 13.0. The van der Waals surface area contributed by atoms with E-state index in [2.05, 4.69) is 4.72 Å². The molecule has 7 heteroatoms. The van der Waals surface area contributed by atoms with Crippen molar-refractivity contribution < 1.29 is 21.6 Å². The smallest absolute Gasteiger partial charge is 0.211 e. The second-order valence-corrected chi connectivity index (χ2v) is 6.15. The van der Waals surface area contributed by atoms with Gasteiger partial charge in [0.1, 0.15) is 17.5 Å². The molecule has 0 aliphatic carbocycles. The van der Waals surface area contributed by atoms with Crippen LogP contribution in [0.3, 0.4) is 0 Å². The Morgan fingerprint density at radius 2 is 1.43 bits per heavy atom. The molecule has 2 aromatic rings. The lowest BCUT2D eigenvalue weighted by Gasteiger charge is -2.07. The number of benzene rings is 2. The lowest BCUT2D eigenvalue weighted by Crippen LogP contribution is -2.26. The molecule has 0 bridgehead atoms. The van der Waals surface area contributed by atoms with Gasteiger partial charge in [0.2, 0.25) is 10.0 Å². The van der Waals surface area contributed by atoms with Gasteiger partial charge >= 0.3 is 0 Å². The van der Waals surface area contributed by atoms with Gasteiger partial charge in [-0.05, 0) is 36.2 Å². The summed E-state index contributed by atoms with van der Waals surface area (Å²) in [6.45, 7) is 0.0338. The monoisotopic (exact) mass is 315 g/mol. The summed E-state index contributed by atoms with van der Waals surface area (Å²) < 4.78 is 64.7. The third-order valence-electron chi connectivity index (χ3n) is 2.77. The van der Waals surface area contributed by atoms with E-state index < -0.39 is 26.6 Å². The summed E-state index contributed by atoms with van der Waals surface area (Å²) >= 11 is 0. The summed E-state index contributed by atoms with van der Waals surface area (Å²) in [6, 6.07) is 7.68. The van der Waals surface area contributed by atoms with Gasteiger partial charge in [-0.25, -0.2) is 26.3 Å². The van der Waals surface area contributed by atoms with Crippen LogP contribution < -0.4 is 4.72 Å². The average Bonchev–Trinajstić information content (AvgIpc) is 2.40. The molecule has 0 amide bonds. The quantitative estimate of drug-likeness (QED) is 0.922. The van der Waals surface area contributed by atoms with Crippen LogP contribution in [0.5, 0.6) is 0 Å². The Labute approximate surface area is 120 Å². The average molecular weight is 315 g/mol. The fourth-order valence-electron chi connectivity index (χ4n) is 1.75. The fraction of sp³-hybridized carbons (Fsp3) is 0.143. The zero-order valence-corrected chi connectivity index (χ0v) is 11.6. The van der Waals surface area contributed by atoms with Crippen molar-refractivity contribution in [3.05, 3.63) is 65.5 Å². The van der Waals surface area contributed by atoms with E-state index in [4.69, 9.17) is 0 Å². The van der Waals surface area contributed by atoms with E-state index in [1.807, 2.05) is 0 Å². The molecule has 0 aromatic heterocycles. The number of nitrogens with one attached hydrogen (secondary N) is 1. The molecule has 3 nitrogen and oxygen atoms in total. The third-order valence-corrected chi connectivity index (χ3v) is 4.21. The molecule has 2 aromatic carbocycles. The Hall–Kier alpha value is -1.86. The highest BCUT2D eigenvalue weighted by molar-refractivity contribution is 7.89. The van der Waals surface area contributed by atoms with Crippen molar-refractivity contribution in [3.63, 3.8) is 0 Å². The fourth-order valence-corrected chi connectivity index (χ4v) is 2.82. The van der Waals surface area contributed by atoms with Gasteiger partial charge in [-0.2, -0.15) is 0 Å². The Morgan fingerprint density at radius 3 is 2.00 bits per heavy atom. The SMILES string of the molecule is O=S(=O)(NCCc1ccc(F)cc1)c1cc(F)cc(F)c1. The van der Waals surface area contributed by atoms with Crippen molar-refractivity contribution in [1.82, 2.24) is 4.72 Å². The van der Waals surface area contributed by atoms with Gasteiger partial charge in [-0.15, -0.1) is 0 Å². The van der Waals surface area contributed by atoms with Crippen molar-refractivity contribution in [2.45, 2.75) is 11.3 Å². The summed E-state index contributed by atoms with van der Waals surface area (Å²) in [7, 11) is -3.99. The second-order valence-electron chi connectivity index (χ2n) is 4.38. The summed E-state index contributed by atoms with van der Waals surface area (Å²) in [6.07, 6.45) is 0.331. The standard InChI is InChI=1S/C14H12F3NO2S/c15-11-3-1-10(2-4-11)5-6-18-21(19,20)14-8-12(16)7-13(17)9-14/h1-4,7-9,18H,5-6H2. The predicted octanol–water partition coefficient (Wildman–Crippen LogP) is 2.62. The summed E-state index contributed by atoms with van der Waals surface area (Å²) in [5, 5.41) is 0. The highest BCUT2D eigenvalue weighted by Gasteiger charge is 2.15. The minimum absolute atomic E-state index is 0.0338. The molecule has 0 aliphatic rings. The molecule has 0 aliphatic heterocycles. The molecule has 1 N–H and O–H groups in total. The Kier molecular flexibility index (Phi) is 4.64. The van der Waals surface area contributed by atoms with E-state index in [0.717, 1.165) is 17.7 Å². The first kappa shape index (κ1) is 15.5. The second kappa shape index (κ2) is 6.28. The van der Waals surface area contributed by atoms with Crippen LogP contribution in [0.4, 0.5) is 13.2 Å². The van der Waals surface area contributed by atoms with Gasteiger partial charge in [-0.3, -0.25) is 0 Å². The molecule has 0 unspecified atom stereocenters. The molecule has 112 valence electrons. The van der Waals surface area contributed by atoms with Crippen molar-refractivity contribution in [2.24, 2.45) is 0 Å². The van der Waals surface area contributed by atoms with Crippen LogP contribution in [-0.4, -0.2) is 15.0 Å². The van der Waals surface area contributed by atoms with Gasteiger partial charge in [0.05, 0.1) is 4.90 Å². The van der Waals surface area contributed by atoms with E-state index in [-0.39, 0.29) is 12.4 Å². The molecule has 0 saturated carbocycles. The van der Waals surface area contributed by atoms with Crippen LogP contribution in [0.15, 0.2) is 47.4 Å². The lowest BCUT2D eigenvalue weighted by molar-refractivity contribution is 0.561. The zero-order chi connectivity index (χ0) is 15.5. The molecular formula is C14H12F3NO2S. The van der Waals surface area contributed by atoms with Crippen LogP contribution >= 0.6 is 0 Å². The van der Waals surface area contributed by atoms with Crippen molar-refractivity contribution >= 4 is 10.0 Å². The molecule has 0 saturated heterocycles. The van der Waals surface area contributed by atoms with E-state index in [1.165, 1.54) is 24.3 Å². The van der Waals surface area contributed by atoms with Gasteiger partial charge in [0.25, 0.3) is 0 Å². The highest BCUT2D eigenvalue weighted by Crippen LogP contribution is 2.13. The molecule has 21 heavy (non-hydrogen) atoms. The minimum Gasteiger partial charge on any atom is -0.211 e. The molecular weight excluding hydrogens is 303 g/mol. The first-order valence-electron chi connectivity index (χ1n) is 6.07. The van der Waals surface area contributed by atoms with Crippen LogP contribution in [0.25, 0.3) is 0 Å². The van der Waals surface area contributed by atoms with E-state index in [1.54, 1.807) is 0 Å². The van der Waals surface area contributed by atoms with Crippen LogP contribution in [-0.2, 0) is 16.4 Å². The minimum atomic E-state index is -3.99. The van der Waals surface area contributed by atoms with Crippen molar-refractivity contribution in [1.29, 1.82) is 0 Å². The van der Waals surface area contributed by atoms with Crippen LogP contribution in [0.2, 0.25) is 0 Å². The maximum Gasteiger partial charge on any atom is 0.240 e. The van der Waals surface area contributed by atoms with Crippen molar-refractivity contribution in [3.8, 4) is 0 Å². The van der Waals surface area contributed by atoms with Gasteiger partial charge in [0, 0.05) is 12.6 Å². The topological polar surface area (TPSA) is 46.2 Å². The summed E-state index contributed by atoms with van der Waals surface area (Å²) in [5.41, 5.74) is 0.740. The molecule has 0 heterocycles. The van der Waals surface area contributed by atoms with E-state index in [9.17, 15) is 21.6 Å². The number of halogens is 3. The van der Waals surface area contributed by atoms with Gasteiger partial charge in [0.15, 0.2) is 0 Å². The van der Waals surface area contributed by atoms with Crippen molar-refractivity contribution in [2.75, 3.05) is 6.54 Å². The number of hydrogen-bond donors (Lipinski definition) is 1. The first-order valence-corrected chi connectivity index (χ1v) is 7.55. The normalized spacial score (nSPS) is 11.6. The Bertz CT molecular complexity index is 710. The predicted molar refractivity (Wildman–Crippen MR) is 71.7 cm³/mol. The number of hydrogen-bond acceptors (Lipinski definition) is 2. The summed E-state index contributed by atoms with van der Waals surface area (Å²) in [5.74, 6) is -2.31. The van der Waals surface area contributed by atoms with Crippen LogP contribution in [0.1, 0.15) is 5.56 Å². The lowest BCUT2D eigenvalue weighted by atomic mass is 10.1. The molecule has 0 fully saturated rings. The maximum atomic E-state index is 13.0. The van der Waals surface area contributed by atoms with Gasteiger partial charge < -0.3 is 0 Å². The number of sulfonamides is 1.